The first kappa shape index (κ1) is 55.5. The molecule has 0 radical (unpaired) electrons. The summed E-state index contributed by atoms with van der Waals surface area (Å²) >= 11 is 0. The zero-order valence-electron chi connectivity index (χ0n) is 60.5. The van der Waals surface area contributed by atoms with Crippen molar-refractivity contribution < 1.29 is 133 Å². The molecule has 1 saturated carbocycles. The predicted molar refractivity (Wildman–Crippen MR) is 310 cm³/mol. The van der Waals surface area contributed by atoms with E-state index in [9.17, 15) is 32.1 Å². The van der Waals surface area contributed by atoms with E-state index < -0.39 is 37.6 Å². The molecule has 0 unspecified atom stereocenters. The van der Waals surface area contributed by atoms with E-state index in [4.69, 9.17) is 44.9 Å². The number of hydrogen-bond acceptors (Lipinski definition) is 15. The average molecular weight is 1160 g/mol. The van der Waals surface area contributed by atoms with Crippen LogP contribution in [0.25, 0.3) is 0 Å². The minimum atomic E-state index is -4.73. The molecule has 1 aliphatic carbocycles. The van der Waals surface area contributed by atoms with E-state index in [1.807, 2.05) is 13.8 Å². The number of hydrogen-bond donors (Lipinski definition) is 0. The first-order valence-corrected chi connectivity index (χ1v) is 27.3. The third kappa shape index (κ3) is 20.7. The van der Waals surface area contributed by atoms with Crippen molar-refractivity contribution in [2.75, 3.05) is 90.8 Å². The smallest absolute Gasteiger partial charge is 0.744 e. The molecule has 0 amide bonds. The number of rotatable bonds is 27. The van der Waals surface area contributed by atoms with Crippen LogP contribution in [0.1, 0.15) is 174 Å². The van der Waals surface area contributed by atoms with Crippen LogP contribution in [0, 0.1) is 6.92 Å². The fourth-order valence-corrected chi connectivity index (χ4v) is 10.6. The molecule has 79 heavy (non-hydrogen) atoms. The normalized spacial score (nSPS) is 18.9. The van der Waals surface area contributed by atoms with Crippen molar-refractivity contribution in [1.29, 1.82) is 0 Å². The van der Waals surface area contributed by atoms with Crippen molar-refractivity contribution in [2.45, 2.75) is 163 Å². The third-order valence-electron chi connectivity index (χ3n) is 14.2. The van der Waals surface area contributed by atoms with Gasteiger partial charge in [0.25, 0.3) is 0 Å². The number of carbonyl (C=O) groups excluding carboxylic acids is 4. The average Bonchev–Trinajstić information content (AvgIpc) is 1.66. The standard InChI is InChI=1S/C57H79N3O13S.4CH4.K/c1-41-21-25-47-45(39-41)56(2,3)49(59(47)31-14-10-12-19-51(61)68-6)27-22-42-17-16-18-43(55(42)58(33-37-72-35-29-53(63)70-8)34-38-73-36-30-54(64)71-9)23-28-50-57(4,5)46-40-44(74(65,66)67)24-26-48(46)60(50)32-15-11-13-20-52(62)69-7;;;;;/h21-28,39-40H,10-20,29-38H2,1-9H3;4*1H4;/q;;;;;+1/i;1D4;2*1D3;1D2;. The topological polar surface area (TPSA) is 190 Å². The van der Waals surface area contributed by atoms with Crippen molar-refractivity contribution in [3.8, 4) is 0 Å². The van der Waals surface area contributed by atoms with Gasteiger partial charge in [-0.3, -0.25) is 19.2 Å². The molecule has 2 aliphatic heterocycles. The van der Waals surface area contributed by atoms with Gasteiger partial charge in [0, 0.05) is 87.1 Å². The Morgan fingerprint density at radius 1 is 0.646 bits per heavy atom. The maximum Gasteiger partial charge on any atom is 1.00 e. The number of fused-ring (bicyclic) bond motifs is 2. The molecule has 0 atom stereocenters. The number of nitrogens with zero attached hydrogens (tertiary/aromatic N) is 3. The Kier molecular flexibility index (Phi) is 25.2. The van der Waals surface area contributed by atoms with Crippen LogP contribution in [-0.2, 0) is 68.5 Å². The van der Waals surface area contributed by atoms with Crippen molar-refractivity contribution in [3.05, 3.63) is 99.9 Å². The van der Waals surface area contributed by atoms with Gasteiger partial charge < -0.3 is 42.8 Å². The van der Waals surface area contributed by atoms with Gasteiger partial charge in [0.1, 0.15) is 23.3 Å². The summed E-state index contributed by atoms with van der Waals surface area (Å²) in [4.78, 5) is 52.2. The molecule has 2 aromatic rings. The molecular formula is C61H95KN3O13S+. The van der Waals surface area contributed by atoms with Gasteiger partial charge in [0.05, 0.1) is 59.4 Å². The second-order valence-corrected chi connectivity index (χ2v) is 21.4. The Morgan fingerprint density at radius 3 is 1.47 bits per heavy atom. The van der Waals surface area contributed by atoms with E-state index in [1.54, 1.807) is 6.07 Å². The largest absolute Gasteiger partial charge is 1.00 e. The van der Waals surface area contributed by atoms with E-state index in [1.165, 1.54) is 57.4 Å². The number of ether oxygens (including phenoxy) is 6. The molecule has 0 bridgehead atoms. The number of aryl methyl sites for hydroxylation is 1. The van der Waals surface area contributed by atoms with Crippen LogP contribution < -0.4 is 61.2 Å². The molecule has 1 fully saturated rings. The Bertz CT molecular complexity index is 2830. The van der Waals surface area contributed by atoms with Gasteiger partial charge in [0.15, 0.2) is 13.1 Å². The molecule has 0 aromatic heterocycles. The molecule has 0 spiro atoms. The van der Waals surface area contributed by atoms with E-state index in [0.717, 1.165) is 97.4 Å². The molecule has 3 aliphatic rings. The predicted octanol–water partition coefficient (Wildman–Crippen LogP) is 8.23. The Balaban J connectivity index is 0.00000425. The monoisotopic (exact) mass is 1160 g/mol. The van der Waals surface area contributed by atoms with Gasteiger partial charge in [-0.2, -0.15) is 0 Å². The first-order chi connectivity index (χ1) is 42.2. The van der Waals surface area contributed by atoms with E-state index in [2.05, 4.69) is 77.6 Å². The van der Waals surface area contributed by atoms with Crippen LogP contribution in [0.4, 0.5) is 11.4 Å². The van der Waals surface area contributed by atoms with Crippen LogP contribution in [0.3, 0.4) is 0 Å². The van der Waals surface area contributed by atoms with Gasteiger partial charge >= 0.3 is 75.3 Å². The number of esters is 4. The molecule has 16 nitrogen and oxygen atoms in total. The van der Waals surface area contributed by atoms with Gasteiger partial charge in [-0.25, -0.2) is 13.0 Å². The molecular weight excluding hydrogens is 1050 g/mol. The number of carbonyl (C=O) groups is 4. The van der Waals surface area contributed by atoms with E-state index in [0.29, 0.717) is 52.1 Å². The molecule has 18 heteroatoms. The Morgan fingerprint density at radius 2 is 1.05 bits per heavy atom. The maximum atomic E-state index is 12.3. The van der Waals surface area contributed by atoms with Crippen molar-refractivity contribution >= 4 is 51.1 Å². The summed E-state index contributed by atoms with van der Waals surface area (Å²) in [5.41, 5.74) is 9.38. The fraction of sp³-hybridized carbons (Fsp3) is 0.590. The second-order valence-electron chi connectivity index (χ2n) is 20.0. The summed E-state index contributed by atoms with van der Waals surface area (Å²) in [7, 11) is -4.82. The van der Waals surface area contributed by atoms with E-state index in [-0.39, 0.29) is 119 Å². The third-order valence-corrected chi connectivity index (χ3v) is 15.1. The van der Waals surface area contributed by atoms with Gasteiger partial charge in [-0.1, -0.05) is 99.8 Å². The number of unbranched alkanes of at least 4 members (excludes halogenated alkanes) is 4. The zero-order chi connectivity index (χ0) is 68.4. The number of methoxy groups -OCH3 is 4. The van der Waals surface area contributed by atoms with Crippen molar-refractivity contribution in [2.24, 2.45) is 0 Å². The summed E-state index contributed by atoms with van der Waals surface area (Å²) in [6, 6.07) is 11.2. The van der Waals surface area contributed by atoms with Crippen LogP contribution in [-0.4, -0.2) is 128 Å². The van der Waals surface area contributed by atoms with Gasteiger partial charge in [-0.15, -0.1) is 0 Å². The SMILES string of the molecule is COC(=O)CCCCCN1C(=CC=C2CCC/C(=C\C=C3\N(CCCCCC(=O)OC)c4ccc(S(=O)(=O)[O-])cc4C3(C)C)C2=[N+](CCOCCC(=O)OC)CCOCCC(=O)OC)C(C)(C)c2cc(C)ccc21.[2H]C([2H])([2H])[2H].[2H]C([2H])[2H].[2H]C([2H])[2H].[2H]C[2H].[K+]. The number of allylic oxidation sites excluding steroid dienone is 8. The molecule has 2 aromatic carbocycles. The van der Waals surface area contributed by atoms with Crippen molar-refractivity contribution in [3.63, 3.8) is 0 Å². The number of benzene rings is 2. The number of anilines is 2. The van der Waals surface area contributed by atoms with Gasteiger partial charge in [-0.05, 0) is 99.4 Å². The maximum absolute atomic E-state index is 12.3. The Labute approximate surface area is 534 Å². The molecule has 438 valence electrons. The molecule has 0 N–H and O–H groups in total. The van der Waals surface area contributed by atoms with Crippen LogP contribution in [0.2, 0.25) is 0 Å². The Hall–Kier alpha value is -3.98. The van der Waals surface area contributed by atoms with Crippen LogP contribution in [0.15, 0.2) is 88.1 Å². The molecule has 2 heterocycles. The quantitative estimate of drug-likeness (QED) is 0.0208. The summed E-state index contributed by atoms with van der Waals surface area (Å²) < 4.78 is 142. The summed E-state index contributed by atoms with van der Waals surface area (Å²) in [6.07, 6.45) is 16.7. The first-order valence-electron chi connectivity index (χ1n) is 32.8. The molecule has 5 rings (SSSR count). The summed E-state index contributed by atoms with van der Waals surface area (Å²) in [5, 5.41) is 0. The second kappa shape index (κ2) is 35.8. The molecule has 0 saturated heterocycles. The van der Waals surface area contributed by atoms with Crippen LogP contribution >= 0.6 is 0 Å². The summed E-state index contributed by atoms with van der Waals surface area (Å²) in [5.74, 6) is -1.19. The zero-order valence-corrected chi connectivity index (χ0v) is 52.5. The van der Waals surface area contributed by atoms with Gasteiger partial charge in [0.2, 0.25) is 5.71 Å². The minimum Gasteiger partial charge on any atom is -0.744 e. The van der Waals surface area contributed by atoms with E-state index >= 15 is 0 Å². The minimum absolute atomic E-state index is 0. The fourth-order valence-electron chi connectivity index (χ4n) is 10.1. The summed E-state index contributed by atoms with van der Waals surface area (Å²) in [6.45, 7) is 13.9. The van der Waals surface area contributed by atoms with Crippen molar-refractivity contribution in [1.82, 2.24) is 0 Å². The van der Waals surface area contributed by atoms with Crippen LogP contribution in [0.5, 0.6) is 0 Å².